The molecule has 62 heavy (non-hydrogen) atoms. The monoisotopic (exact) mass is 787 g/mol. The molecule has 2 aliphatic rings. The number of aromatic nitrogens is 1. The molecule has 0 saturated heterocycles. The predicted octanol–water partition coefficient (Wildman–Crippen LogP) is 15.9. The van der Waals surface area contributed by atoms with Crippen LogP contribution in [-0.2, 0) is 5.41 Å². The van der Waals surface area contributed by atoms with Crippen LogP contribution in [0.3, 0.4) is 0 Å². The summed E-state index contributed by atoms with van der Waals surface area (Å²) in [5, 5.41) is 5.07. The summed E-state index contributed by atoms with van der Waals surface area (Å²) in [5.74, 6) is 0. The Morgan fingerprint density at radius 1 is 0.323 bits per heavy atom. The van der Waals surface area contributed by atoms with Crippen molar-refractivity contribution in [3.63, 3.8) is 0 Å². The number of hydrogen-bond donors (Lipinski definition) is 0. The van der Waals surface area contributed by atoms with Gasteiger partial charge in [-0.1, -0.05) is 181 Å². The van der Waals surface area contributed by atoms with Crippen molar-refractivity contribution in [3.05, 3.63) is 246 Å². The van der Waals surface area contributed by atoms with Crippen LogP contribution in [0.1, 0.15) is 33.4 Å². The normalized spacial score (nSPS) is 13.1. The largest absolute Gasteiger partial charge is 0.309 e. The van der Waals surface area contributed by atoms with Crippen LogP contribution in [0, 0.1) is 13.8 Å². The number of benzene rings is 10. The molecule has 0 radical (unpaired) electrons. The topological polar surface area (TPSA) is 4.93 Å². The minimum absolute atomic E-state index is 0.376. The number of hydrogen-bond acceptors (Lipinski definition) is 0. The summed E-state index contributed by atoms with van der Waals surface area (Å²) < 4.78 is 2.46. The third-order valence-electron chi connectivity index (χ3n) is 13.9. The molecule has 0 unspecified atom stereocenters. The summed E-state index contributed by atoms with van der Waals surface area (Å²) in [5.41, 5.74) is 23.9. The zero-order valence-corrected chi connectivity index (χ0v) is 34.7. The number of aryl methyl sites for hydroxylation is 2. The predicted molar refractivity (Wildman–Crippen MR) is 260 cm³/mol. The molecule has 290 valence electrons. The Morgan fingerprint density at radius 3 is 1.55 bits per heavy atom. The molecule has 1 nitrogen and oxygen atoms in total. The van der Waals surface area contributed by atoms with E-state index in [1.807, 2.05) is 0 Å². The van der Waals surface area contributed by atoms with Crippen LogP contribution < -0.4 is 0 Å². The first kappa shape index (κ1) is 35.1. The first-order chi connectivity index (χ1) is 30.5. The summed E-state index contributed by atoms with van der Waals surface area (Å²) >= 11 is 0. The summed E-state index contributed by atoms with van der Waals surface area (Å²) in [6.45, 7) is 4.35. The van der Waals surface area contributed by atoms with Crippen molar-refractivity contribution < 1.29 is 0 Å². The van der Waals surface area contributed by atoms with Gasteiger partial charge < -0.3 is 4.57 Å². The molecule has 0 saturated carbocycles. The standard InChI is InChI=1S/C61H41N/c1-38-32-39(2)34-46(33-38)43-14-11-13-42(35-43)40-22-27-47(28-23-40)62-58-30-26-44(36-53(58)60-48-15-4-3-12-41(48)25-31-59(60)62)45-24-29-52-51-18-7-10-21-56(51)61(57(52)37-45)54-19-8-5-16-49(54)50-17-6-9-20-55(50)61/h3-37H,1-2H3. The highest BCUT2D eigenvalue weighted by molar-refractivity contribution is 6.22. The maximum atomic E-state index is 2.50. The van der Waals surface area contributed by atoms with Crippen molar-refractivity contribution in [2.45, 2.75) is 19.3 Å². The third kappa shape index (κ3) is 4.91. The fraction of sp³-hybridized carbons (Fsp3) is 0.0492. The molecule has 1 aromatic heterocycles. The first-order valence-electron chi connectivity index (χ1n) is 21.7. The van der Waals surface area contributed by atoms with Gasteiger partial charge in [-0.15, -0.1) is 0 Å². The average Bonchev–Trinajstić information content (AvgIpc) is 3.93. The maximum Gasteiger partial charge on any atom is 0.0725 e. The molecule has 13 rings (SSSR count). The maximum absolute atomic E-state index is 2.50. The lowest BCUT2D eigenvalue weighted by Crippen LogP contribution is -2.25. The van der Waals surface area contributed by atoms with Gasteiger partial charge in [0.25, 0.3) is 0 Å². The lowest BCUT2D eigenvalue weighted by atomic mass is 9.70. The Morgan fingerprint density at radius 2 is 0.855 bits per heavy atom. The van der Waals surface area contributed by atoms with E-state index in [1.165, 1.54) is 122 Å². The zero-order valence-electron chi connectivity index (χ0n) is 34.7. The van der Waals surface area contributed by atoms with Crippen LogP contribution in [0.5, 0.6) is 0 Å². The third-order valence-corrected chi connectivity index (χ3v) is 13.9. The Balaban J connectivity index is 0.973. The summed E-state index contributed by atoms with van der Waals surface area (Å²) in [6.07, 6.45) is 0. The van der Waals surface area contributed by atoms with Crippen molar-refractivity contribution in [2.24, 2.45) is 0 Å². The first-order valence-corrected chi connectivity index (χ1v) is 21.7. The highest BCUT2D eigenvalue weighted by Crippen LogP contribution is 2.63. The molecule has 0 atom stereocenters. The lowest BCUT2D eigenvalue weighted by Gasteiger charge is -2.30. The smallest absolute Gasteiger partial charge is 0.0725 e. The minimum Gasteiger partial charge on any atom is -0.309 e. The van der Waals surface area contributed by atoms with Crippen molar-refractivity contribution >= 4 is 32.6 Å². The van der Waals surface area contributed by atoms with Gasteiger partial charge in [0.2, 0.25) is 0 Å². The van der Waals surface area contributed by atoms with E-state index >= 15 is 0 Å². The SMILES string of the molecule is Cc1cc(C)cc(-c2cccc(-c3ccc(-n4c5ccc(-c6ccc7c(c6)C6(c8ccccc8-c8ccccc86)c6ccccc6-7)cc5c5c6ccccc6ccc54)cc3)c2)c1. The number of fused-ring (bicyclic) bond motifs is 15. The highest BCUT2D eigenvalue weighted by atomic mass is 15.0. The van der Waals surface area contributed by atoms with Crippen LogP contribution in [0.15, 0.2) is 212 Å². The minimum atomic E-state index is -0.376. The molecule has 1 heterocycles. The van der Waals surface area contributed by atoms with Gasteiger partial charge in [-0.05, 0) is 145 Å². The van der Waals surface area contributed by atoms with E-state index < -0.39 is 0 Å². The van der Waals surface area contributed by atoms with E-state index in [0.717, 1.165) is 5.69 Å². The molecule has 0 amide bonds. The Labute approximate surface area is 361 Å². The van der Waals surface area contributed by atoms with Gasteiger partial charge in [-0.2, -0.15) is 0 Å². The van der Waals surface area contributed by atoms with E-state index in [0.29, 0.717) is 0 Å². The van der Waals surface area contributed by atoms with Crippen LogP contribution in [0.4, 0.5) is 0 Å². The number of nitrogens with zero attached hydrogens (tertiary/aromatic N) is 1. The van der Waals surface area contributed by atoms with Gasteiger partial charge in [0, 0.05) is 16.5 Å². The second-order valence-electron chi connectivity index (χ2n) is 17.4. The van der Waals surface area contributed by atoms with Gasteiger partial charge in [0.1, 0.15) is 0 Å². The van der Waals surface area contributed by atoms with Gasteiger partial charge in [-0.3, -0.25) is 0 Å². The average molecular weight is 788 g/mol. The molecule has 0 bridgehead atoms. The van der Waals surface area contributed by atoms with Crippen molar-refractivity contribution in [2.75, 3.05) is 0 Å². The van der Waals surface area contributed by atoms with Crippen molar-refractivity contribution in [1.82, 2.24) is 4.57 Å². The summed E-state index contributed by atoms with van der Waals surface area (Å²) in [6, 6.07) is 79.8. The molecule has 0 fully saturated rings. The van der Waals surface area contributed by atoms with E-state index in [9.17, 15) is 0 Å². The second-order valence-corrected chi connectivity index (χ2v) is 17.4. The van der Waals surface area contributed by atoms with Crippen molar-refractivity contribution in [1.29, 1.82) is 0 Å². The molecule has 0 aliphatic heterocycles. The molecule has 1 spiro atoms. The van der Waals surface area contributed by atoms with Gasteiger partial charge >= 0.3 is 0 Å². The second kappa shape index (κ2) is 13.1. The van der Waals surface area contributed by atoms with E-state index in [1.54, 1.807) is 0 Å². The van der Waals surface area contributed by atoms with E-state index in [4.69, 9.17) is 0 Å². The Kier molecular flexibility index (Phi) is 7.42. The van der Waals surface area contributed by atoms with Crippen LogP contribution >= 0.6 is 0 Å². The molecular weight excluding hydrogens is 747 g/mol. The molecular formula is C61H41N. The molecule has 2 aliphatic carbocycles. The quantitative estimate of drug-likeness (QED) is 0.167. The lowest BCUT2D eigenvalue weighted by molar-refractivity contribution is 0.794. The van der Waals surface area contributed by atoms with Gasteiger partial charge in [0.05, 0.1) is 16.4 Å². The van der Waals surface area contributed by atoms with Crippen LogP contribution in [0.2, 0.25) is 0 Å². The molecule has 1 heteroatoms. The van der Waals surface area contributed by atoms with Gasteiger partial charge in [0.15, 0.2) is 0 Å². The molecule has 10 aromatic carbocycles. The van der Waals surface area contributed by atoms with E-state index in [-0.39, 0.29) is 5.41 Å². The van der Waals surface area contributed by atoms with Crippen LogP contribution in [-0.4, -0.2) is 4.57 Å². The van der Waals surface area contributed by atoms with E-state index in [2.05, 4.69) is 231 Å². The summed E-state index contributed by atoms with van der Waals surface area (Å²) in [4.78, 5) is 0. The fourth-order valence-corrected chi connectivity index (χ4v) is 11.3. The van der Waals surface area contributed by atoms with Crippen molar-refractivity contribution in [3.8, 4) is 61.3 Å². The fourth-order valence-electron chi connectivity index (χ4n) is 11.3. The zero-order chi connectivity index (χ0) is 41.1. The Bertz CT molecular complexity index is 3570. The Hall–Kier alpha value is -7.74. The molecule has 11 aromatic rings. The summed E-state index contributed by atoms with van der Waals surface area (Å²) in [7, 11) is 0. The highest BCUT2D eigenvalue weighted by Gasteiger charge is 2.51. The molecule has 0 N–H and O–H groups in total. The van der Waals surface area contributed by atoms with Gasteiger partial charge in [-0.25, -0.2) is 0 Å². The number of rotatable bonds is 4. The van der Waals surface area contributed by atoms with Crippen LogP contribution in [0.25, 0.3) is 93.9 Å².